The van der Waals surface area contributed by atoms with Gasteiger partial charge < -0.3 is 5.11 Å². The summed E-state index contributed by atoms with van der Waals surface area (Å²) in [6.45, 7) is 3.44. The molecule has 2 nitrogen and oxygen atoms in total. The Morgan fingerprint density at radius 2 is 1.81 bits per heavy atom. The Kier molecular flexibility index (Phi) is 3.62. The Balaban J connectivity index is 2.92. The molecule has 0 amide bonds. The molecule has 0 fully saturated rings. The molecule has 1 rings (SSSR count). The monoisotopic (exact) mass is 228 g/mol. The van der Waals surface area contributed by atoms with Crippen molar-refractivity contribution in [1.82, 2.24) is 0 Å². The van der Waals surface area contributed by atoms with Gasteiger partial charge in [-0.3, -0.25) is 0 Å². The van der Waals surface area contributed by atoms with Gasteiger partial charge in [-0.25, -0.2) is 13.6 Å². The Hall–Kier alpha value is -1.45. The summed E-state index contributed by atoms with van der Waals surface area (Å²) in [4.78, 5) is 10.6. The highest BCUT2D eigenvalue weighted by Gasteiger charge is 2.32. The maximum atomic E-state index is 13.6. The predicted octanol–water partition coefficient (Wildman–Crippen LogP) is 3.52. The molecule has 0 atom stereocenters. The smallest absolute Gasteiger partial charge is 0.335 e. The molecule has 1 N–H and O–H groups in total. The molecule has 1 aromatic rings. The van der Waals surface area contributed by atoms with Gasteiger partial charge in [-0.05, 0) is 18.1 Å². The van der Waals surface area contributed by atoms with Gasteiger partial charge in [0.25, 0.3) is 5.92 Å². The number of benzene rings is 1. The van der Waals surface area contributed by atoms with E-state index in [1.54, 1.807) is 13.8 Å². The van der Waals surface area contributed by atoms with Crippen LogP contribution in [0.15, 0.2) is 24.3 Å². The second kappa shape index (κ2) is 4.60. The van der Waals surface area contributed by atoms with Crippen molar-refractivity contribution in [3.8, 4) is 0 Å². The first-order valence-electron chi connectivity index (χ1n) is 5.04. The van der Waals surface area contributed by atoms with E-state index in [9.17, 15) is 13.6 Å². The first kappa shape index (κ1) is 12.6. The van der Waals surface area contributed by atoms with E-state index in [2.05, 4.69) is 0 Å². The molecule has 0 saturated heterocycles. The van der Waals surface area contributed by atoms with Crippen molar-refractivity contribution in [3.05, 3.63) is 35.4 Å². The summed E-state index contributed by atoms with van der Waals surface area (Å²) in [6.07, 6.45) is -0.237. The molecular weight excluding hydrogens is 214 g/mol. The second-order valence-corrected chi connectivity index (χ2v) is 4.18. The lowest BCUT2D eigenvalue weighted by Gasteiger charge is -2.18. The van der Waals surface area contributed by atoms with Gasteiger partial charge in [0, 0.05) is 12.0 Å². The molecule has 0 radical (unpaired) electrons. The van der Waals surface area contributed by atoms with E-state index in [1.807, 2.05) is 0 Å². The first-order chi connectivity index (χ1) is 7.33. The van der Waals surface area contributed by atoms with Crippen LogP contribution in [0.1, 0.15) is 36.2 Å². The highest BCUT2D eigenvalue weighted by Crippen LogP contribution is 2.34. The van der Waals surface area contributed by atoms with Crippen LogP contribution >= 0.6 is 0 Å². The van der Waals surface area contributed by atoms with Crippen LogP contribution in [0.25, 0.3) is 0 Å². The molecule has 16 heavy (non-hydrogen) atoms. The maximum absolute atomic E-state index is 13.6. The Morgan fingerprint density at radius 1 is 1.31 bits per heavy atom. The van der Waals surface area contributed by atoms with Crippen LogP contribution in [0.4, 0.5) is 8.78 Å². The minimum atomic E-state index is -2.90. The van der Waals surface area contributed by atoms with E-state index in [4.69, 9.17) is 5.11 Å². The van der Waals surface area contributed by atoms with E-state index in [0.717, 1.165) is 0 Å². The van der Waals surface area contributed by atoms with Crippen molar-refractivity contribution in [2.75, 3.05) is 0 Å². The zero-order valence-electron chi connectivity index (χ0n) is 9.21. The van der Waals surface area contributed by atoms with E-state index >= 15 is 0 Å². The highest BCUT2D eigenvalue weighted by molar-refractivity contribution is 5.87. The number of hydrogen-bond donors (Lipinski definition) is 1. The summed E-state index contributed by atoms with van der Waals surface area (Å²) >= 11 is 0. The number of carboxylic acid groups (broad SMARTS) is 1. The van der Waals surface area contributed by atoms with Crippen molar-refractivity contribution >= 4 is 5.97 Å². The van der Waals surface area contributed by atoms with Gasteiger partial charge >= 0.3 is 5.97 Å². The fourth-order valence-electron chi connectivity index (χ4n) is 1.49. The van der Waals surface area contributed by atoms with Crippen LogP contribution in [0, 0.1) is 5.92 Å². The van der Waals surface area contributed by atoms with E-state index in [-0.39, 0.29) is 23.5 Å². The van der Waals surface area contributed by atoms with Crippen LogP contribution in [-0.2, 0) is 5.92 Å². The largest absolute Gasteiger partial charge is 0.478 e. The Labute approximate surface area is 92.9 Å². The zero-order valence-corrected chi connectivity index (χ0v) is 9.21. The fourth-order valence-corrected chi connectivity index (χ4v) is 1.49. The third-order valence-corrected chi connectivity index (χ3v) is 2.22. The molecule has 0 heterocycles. The molecule has 0 unspecified atom stereocenters. The predicted molar refractivity (Wildman–Crippen MR) is 56.8 cm³/mol. The van der Waals surface area contributed by atoms with Gasteiger partial charge in [0.15, 0.2) is 0 Å². The normalized spacial score (nSPS) is 11.8. The number of rotatable bonds is 4. The molecular formula is C12H14F2O2. The van der Waals surface area contributed by atoms with Crippen LogP contribution < -0.4 is 0 Å². The lowest BCUT2D eigenvalue weighted by atomic mass is 9.98. The number of halogens is 2. The molecule has 1 aromatic carbocycles. The number of alkyl halides is 2. The third-order valence-electron chi connectivity index (χ3n) is 2.22. The van der Waals surface area contributed by atoms with Crippen LogP contribution in [0.2, 0.25) is 0 Å². The molecule has 88 valence electrons. The van der Waals surface area contributed by atoms with Gasteiger partial charge in [-0.2, -0.15) is 0 Å². The molecule has 0 bridgehead atoms. The summed E-state index contributed by atoms with van der Waals surface area (Å²) in [6, 6.07) is 4.75. The van der Waals surface area contributed by atoms with E-state index in [1.165, 1.54) is 24.3 Å². The Morgan fingerprint density at radius 3 is 2.19 bits per heavy atom. The topological polar surface area (TPSA) is 37.3 Å². The number of carbonyl (C=O) groups is 1. The standard InChI is InChI=1S/C12H14F2O2/c1-8(2)7-12(13,14)10-5-3-9(4-6-10)11(15)16/h3-6,8H,7H2,1-2H3,(H,15,16). The summed E-state index contributed by atoms with van der Waals surface area (Å²) in [5.74, 6) is -4.13. The SMILES string of the molecule is CC(C)CC(F)(F)c1ccc(C(=O)O)cc1. The summed E-state index contributed by atoms with van der Waals surface area (Å²) in [5.41, 5.74) is -0.115. The lowest BCUT2D eigenvalue weighted by Crippen LogP contribution is -2.16. The van der Waals surface area contributed by atoms with Gasteiger partial charge in [-0.15, -0.1) is 0 Å². The molecule has 4 heteroatoms. The van der Waals surface area contributed by atoms with Gasteiger partial charge in [0.1, 0.15) is 0 Å². The second-order valence-electron chi connectivity index (χ2n) is 4.18. The Bertz CT molecular complexity index is 369. The molecule has 0 aliphatic rings. The van der Waals surface area contributed by atoms with Crippen LogP contribution in [0.3, 0.4) is 0 Å². The minimum absolute atomic E-state index is 0.0177. The first-order valence-corrected chi connectivity index (χ1v) is 5.04. The third kappa shape index (κ3) is 3.02. The van der Waals surface area contributed by atoms with Crippen LogP contribution in [0.5, 0.6) is 0 Å². The van der Waals surface area contributed by atoms with Crippen LogP contribution in [-0.4, -0.2) is 11.1 Å². The van der Waals surface area contributed by atoms with Crippen molar-refractivity contribution < 1.29 is 18.7 Å². The maximum Gasteiger partial charge on any atom is 0.335 e. The molecule has 0 spiro atoms. The number of carboxylic acids is 1. The minimum Gasteiger partial charge on any atom is -0.478 e. The van der Waals surface area contributed by atoms with E-state index in [0.29, 0.717) is 0 Å². The average Bonchev–Trinajstić information content (AvgIpc) is 2.16. The van der Waals surface area contributed by atoms with Crippen molar-refractivity contribution in [2.24, 2.45) is 5.92 Å². The summed E-state index contributed by atoms with van der Waals surface area (Å²) < 4.78 is 27.2. The van der Waals surface area contributed by atoms with Gasteiger partial charge in [-0.1, -0.05) is 26.0 Å². The summed E-state index contributed by atoms with van der Waals surface area (Å²) in [5, 5.41) is 8.64. The lowest BCUT2D eigenvalue weighted by molar-refractivity contribution is -0.0249. The molecule has 0 aliphatic carbocycles. The zero-order chi connectivity index (χ0) is 12.3. The fraction of sp³-hybridized carbons (Fsp3) is 0.417. The van der Waals surface area contributed by atoms with E-state index < -0.39 is 11.9 Å². The van der Waals surface area contributed by atoms with Crippen molar-refractivity contribution in [2.45, 2.75) is 26.2 Å². The molecule has 0 aliphatic heterocycles. The number of aromatic carboxylic acids is 1. The van der Waals surface area contributed by atoms with Crippen molar-refractivity contribution in [3.63, 3.8) is 0 Å². The molecule has 0 aromatic heterocycles. The molecule has 0 saturated carbocycles. The van der Waals surface area contributed by atoms with Crippen molar-refractivity contribution in [1.29, 1.82) is 0 Å². The average molecular weight is 228 g/mol. The quantitative estimate of drug-likeness (QED) is 0.856. The van der Waals surface area contributed by atoms with Gasteiger partial charge in [0.05, 0.1) is 5.56 Å². The number of hydrogen-bond acceptors (Lipinski definition) is 1. The summed E-state index contributed by atoms with van der Waals surface area (Å²) in [7, 11) is 0. The van der Waals surface area contributed by atoms with Gasteiger partial charge in [0.2, 0.25) is 0 Å². The highest BCUT2D eigenvalue weighted by atomic mass is 19.3.